The highest BCUT2D eigenvalue weighted by atomic mass is 35.5. The van der Waals surface area contributed by atoms with Crippen LogP contribution in [0.3, 0.4) is 0 Å². The summed E-state index contributed by atoms with van der Waals surface area (Å²) in [6.07, 6.45) is 1.51. The molecule has 1 aromatic carbocycles. The van der Waals surface area contributed by atoms with Crippen LogP contribution in [0.5, 0.6) is 0 Å². The summed E-state index contributed by atoms with van der Waals surface area (Å²) in [4.78, 5) is 3.89. The first-order chi connectivity index (χ1) is 8.61. The van der Waals surface area contributed by atoms with Gasteiger partial charge in [0.2, 0.25) is 0 Å². The number of aromatic nitrogens is 3. The van der Waals surface area contributed by atoms with Gasteiger partial charge in [0, 0.05) is 11.1 Å². The predicted molar refractivity (Wildman–Crippen MR) is 68.0 cm³/mol. The van der Waals surface area contributed by atoms with Gasteiger partial charge >= 0.3 is 0 Å². The minimum Gasteiger partial charge on any atom is -0.326 e. The topological polar surface area (TPSA) is 80.5 Å². The van der Waals surface area contributed by atoms with E-state index in [2.05, 4.69) is 10.1 Å². The summed E-state index contributed by atoms with van der Waals surface area (Å²) < 4.78 is 1.59. The van der Waals surface area contributed by atoms with Gasteiger partial charge in [-0.15, -0.1) is 5.10 Å². The second-order valence-corrected chi connectivity index (χ2v) is 4.46. The third-order valence-electron chi connectivity index (χ3n) is 2.58. The van der Waals surface area contributed by atoms with Gasteiger partial charge < -0.3 is 5.73 Å². The van der Waals surface area contributed by atoms with Gasteiger partial charge in [-0.3, -0.25) is 0 Å². The number of halogens is 1. The monoisotopic (exact) mass is 261 g/mol. The van der Waals surface area contributed by atoms with Crippen LogP contribution in [-0.4, -0.2) is 20.8 Å². The summed E-state index contributed by atoms with van der Waals surface area (Å²) in [5.41, 5.74) is 6.92. The van der Waals surface area contributed by atoms with Gasteiger partial charge in [-0.1, -0.05) is 23.7 Å². The lowest BCUT2D eigenvalue weighted by atomic mass is 10.0. The Bertz CT molecular complexity index is 584. The summed E-state index contributed by atoms with van der Waals surface area (Å²) in [6.45, 7) is 1.87. The Balaban J connectivity index is 2.43. The molecule has 92 valence electrons. The maximum atomic E-state index is 8.75. The third kappa shape index (κ3) is 2.50. The Morgan fingerprint density at radius 1 is 1.50 bits per heavy atom. The van der Waals surface area contributed by atoms with Crippen molar-refractivity contribution in [3.63, 3.8) is 0 Å². The Morgan fingerprint density at radius 2 is 2.28 bits per heavy atom. The Labute approximate surface area is 110 Å². The molecule has 2 atom stereocenters. The maximum absolute atomic E-state index is 8.75. The molecule has 0 aliphatic carbocycles. The van der Waals surface area contributed by atoms with Crippen molar-refractivity contribution in [1.29, 1.82) is 5.26 Å². The van der Waals surface area contributed by atoms with Crippen molar-refractivity contribution in [2.45, 2.75) is 19.0 Å². The van der Waals surface area contributed by atoms with Crippen LogP contribution in [0.1, 0.15) is 24.4 Å². The van der Waals surface area contributed by atoms with Crippen molar-refractivity contribution in [3.8, 4) is 6.07 Å². The Kier molecular flexibility index (Phi) is 3.60. The second kappa shape index (κ2) is 5.17. The summed E-state index contributed by atoms with van der Waals surface area (Å²) in [6, 6.07) is 8.93. The molecule has 1 heterocycles. The Hall–Kier alpha value is -1.90. The number of benzene rings is 1. The highest BCUT2D eigenvalue weighted by molar-refractivity contribution is 6.30. The van der Waals surface area contributed by atoms with Crippen molar-refractivity contribution >= 4 is 11.6 Å². The smallest absolute Gasteiger partial charge is 0.252 e. The summed E-state index contributed by atoms with van der Waals surface area (Å²) in [5, 5.41) is 13.5. The Morgan fingerprint density at radius 3 is 2.83 bits per heavy atom. The molecule has 0 radical (unpaired) electrons. The van der Waals surface area contributed by atoms with Crippen LogP contribution in [0.25, 0.3) is 0 Å². The molecule has 2 N–H and O–H groups in total. The van der Waals surface area contributed by atoms with Gasteiger partial charge in [-0.05, 0) is 24.6 Å². The molecule has 18 heavy (non-hydrogen) atoms. The van der Waals surface area contributed by atoms with Crippen molar-refractivity contribution in [2.75, 3.05) is 0 Å². The van der Waals surface area contributed by atoms with Crippen molar-refractivity contribution in [2.24, 2.45) is 5.73 Å². The standard InChI is InChI=1S/C12H12ClN5/c1-8(15)12(9-3-2-4-10(13)5-9)18-7-16-11(6-14)17-18/h2-5,7-8,12H,15H2,1H3. The van der Waals surface area contributed by atoms with Crippen LogP contribution in [0.15, 0.2) is 30.6 Å². The van der Waals surface area contributed by atoms with Gasteiger partial charge in [0.1, 0.15) is 12.4 Å². The van der Waals surface area contributed by atoms with Crippen LogP contribution < -0.4 is 5.73 Å². The van der Waals surface area contributed by atoms with E-state index in [1.165, 1.54) is 6.33 Å². The van der Waals surface area contributed by atoms with Gasteiger partial charge in [0.25, 0.3) is 5.82 Å². The maximum Gasteiger partial charge on any atom is 0.252 e. The van der Waals surface area contributed by atoms with E-state index in [1.807, 2.05) is 31.2 Å². The summed E-state index contributed by atoms with van der Waals surface area (Å²) in [5.74, 6) is 0.127. The van der Waals surface area contributed by atoms with E-state index in [0.717, 1.165) is 5.56 Å². The fourth-order valence-electron chi connectivity index (χ4n) is 1.85. The lowest BCUT2D eigenvalue weighted by Crippen LogP contribution is -2.30. The first-order valence-corrected chi connectivity index (χ1v) is 5.82. The van der Waals surface area contributed by atoms with E-state index >= 15 is 0 Å². The second-order valence-electron chi connectivity index (χ2n) is 4.02. The molecule has 6 heteroatoms. The minimum absolute atomic E-state index is 0.127. The number of hydrogen-bond acceptors (Lipinski definition) is 4. The quantitative estimate of drug-likeness (QED) is 0.913. The highest BCUT2D eigenvalue weighted by Crippen LogP contribution is 2.23. The van der Waals surface area contributed by atoms with Crippen LogP contribution in [0.4, 0.5) is 0 Å². The van der Waals surface area contributed by atoms with Gasteiger partial charge in [-0.2, -0.15) is 5.26 Å². The average molecular weight is 262 g/mol. The molecular weight excluding hydrogens is 250 g/mol. The van der Waals surface area contributed by atoms with Gasteiger partial charge in [0.05, 0.1) is 6.04 Å². The lowest BCUT2D eigenvalue weighted by Gasteiger charge is -2.21. The van der Waals surface area contributed by atoms with Crippen LogP contribution in [-0.2, 0) is 0 Å². The fourth-order valence-corrected chi connectivity index (χ4v) is 2.05. The van der Waals surface area contributed by atoms with Crippen LogP contribution >= 0.6 is 11.6 Å². The van der Waals surface area contributed by atoms with Crippen molar-refractivity contribution < 1.29 is 0 Å². The zero-order chi connectivity index (χ0) is 13.1. The van der Waals surface area contributed by atoms with Gasteiger partial charge in [-0.25, -0.2) is 9.67 Å². The number of nitrogens with two attached hydrogens (primary N) is 1. The molecule has 0 saturated heterocycles. The lowest BCUT2D eigenvalue weighted by molar-refractivity contribution is 0.452. The normalized spacial score (nSPS) is 13.9. The van der Waals surface area contributed by atoms with E-state index in [1.54, 1.807) is 10.7 Å². The molecule has 0 aliphatic heterocycles. The third-order valence-corrected chi connectivity index (χ3v) is 2.82. The average Bonchev–Trinajstić information content (AvgIpc) is 2.77. The molecule has 0 amide bonds. The van der Waals surface area contributed by atoms with Crippen LogP contribution in [0.2, 0.25) is 5.02 Å². The first kappa shape index (κ1) is 12.6. The van der Waals surface area contributed by atoms with Crippen molar-refractivity contribution in [1.82, 2.24) is 14.8 Å². The molecule has 0 saturated carbocycles. The first-order valence-electron chi connectivity index (χ1n) is 5.44. The number of nitriles is 1. The molecule has 1 aromatic heterocycles. The predicted octanol–water partition coefficient (Wildman–Crippen LogP) is 1.74. The minimum atomic E-state index is -0.196. The van der Waals surface area contributed by atoms with E-state index in [-0.39, 0.29) is 17.9 Å². The fraction of sp³-hybridized carbons (Fsp3) is 0.250. The number of rotatable bonds is 3. The molecule has 2 rings (SSSR count). The van der Waals surface area contributed by atoms with Crippen molar-refractivity contribution in [3.05, 3.63) is 47.0 Å². The molecule has 0 aliphatic rings. The highest BCUT2D eigenvalue weighted by Gasteiger charge is 2.20. The number of nitrogens with zero attached hydrogens (tertiary/aromatic N) is 4. The molecule has 0 fully saturated rings. The zero-order valence-electron chi connectivity index (χ0n) is 9.79. The molecule has 0 spiro atoms. The van der Waals surface area contributed by atoms with E-state index in [4.69, 9.17) is 22.6 Å². The summed E-state index contributed by atoms with van der Waals surface area (Å²) >= 11 is 5.98. The molecule has 0 bridgehead atoms. The molecule has 2 unspecified atom stereocenters. The summed E-state index contributed by atoms with van der Waals surface area (Å²) in [7, 11) is 0. The van der Waals surface area contributed by atoms with Crippen LogP contribution in [0, 0.1) is 11.3 Å². The number of hydrogen-bond donors (Lipinski definition) is 1. The molecule has 5 nitrogen and oxygen atoms in total. The molecular formula is C12H12ClN5. The van der Waals surface area contributed by atoms with E-state index in [9.17, 15) is 0 Å². The van der Waals surface area contributed by atoms with Gasteiger partial charge in [0.15, 0.2) is 0 Å². The molecule has 2 aromatic rings. The largest absolute Gasteiger partial charge is 0.326 e. The van der Waals surface area contributed by atoms with E-state index < -0.39 is 0 Å². The SMILES string of the molecule is CC(N)C(c1cccc(Cl)c1)n1cnc(C#N)n1. The van der Waals surface area contributed by atoms with E-state index in [0.29, 0.717) is 5.02 Å². The zero-order valence-corrected chi connectivity index (χ0v) is 10.5.